The Hall–Kier alpha value is -0.0231. The highest BCUT2D eigenvalue weighted by atomic mass is 28.4. The van der Waals surface area contributed by atoms with Crippen molar-refractivity contribution in [2.24, 2.45) is 5.41 Å². The Morgan fingerprint density at radius 3 is 2.00 bits per heavy atom. The van der Waals surface area contributed by atoms with E-state index in [0.29, 0.717) is 6.61 Å². The van der Waals surface area contributed by atoms with Crippen LogP contribution in [-0.4, -0.2) is 68.9 Å². The van der Waals surface area contributed by atoms with Gasteiger partial charge in [-0.05, 0) is 26.2 Å². The Kier molecular flexibility index (Phi) is 8.48. The van der Waals surface area contributed by atoms with Crippen LogP contribution in [0.15, 0.2) is 0 Å². The first kappa shape index (κ1) is 20.0. The molecule has 0 aromatic rings. The van der Waals surface area contributed by atoms with Crippen LogP contribution in [-0.2, 0) is 27.5 Å². The summed E-state index contributed by atoms with van der Waals surface area (Å²) in [6, 6.07) is 0. The number of ether oxygens (including phenoxy) is 3. The van der Waals surface area contributed by atoms with Crippen molar-refractivity contribution < 1.29 is 27.5 Å². The normalized spacial score (nSPS) is 20.5. The lowest BCUT2D eigenvalue weighted by atomic mass is 9.80. The van der Waals surface area contributed by atoms with Crippen molar-refractivity contribution in [1.29, 1.82) is 0 Å². The molecule has 2 unspecified atom stereocenters. The molecule has 6 nitrogen and oxygen atoms in total. The number of rotatable bonds is 12. The summed E-state index contributed by atoms with van der Waals surface area (Å²) in [5.74, 6) is 0. The molecule has 1 saturated heterocycles. The Labute approximate surface area is 135 Å². The fourth-order valence-corrected chi connectivity index (χ4v) is 5.27. The van der Waals surface area contributed by atoms with Crippen LogP contribution < -0.4 is 0 Å². The lowest BCUT2D eigenvalue weighted by molar-refractivity contribution is -0.172. The SMILES string of the molecule is CCOC(CCCC(OC)C1(C)COC1)[Si](OC)(OC)OC. The predicted molar refractivity (Wildman–Crippen MR) is 85.8 cm³/mol. The molecule has 0 spiro atoms. The fraction of sp³-hybridized carbons (Fsp3) is 1.00. The molecule has 7 heteroatoms. The van der Waals surface area contributed by atoms with E-state index in [9.17, 15) is 0 Å². The minimum Gasteiger partial charge on any atom is -0.381 e. The first-order chi connectivity index (χ1) is 10.5. The zero-order valence-corrected chi connectivity index (χ0v) is 15.8. The van der Waals surface area contributed by atoms with Crippen LogP contribution in [0.5, 0.6) is 0 Å². The molecule has 0 saturated carbocycles. The number of hydrogen-bond acceptors (Lipinski definition) is 6. The molecule has 1 aliphatic heterocycles. The standard InChI is InChI=1S/C15H32O6Si/c1-7-21-14(22(17-4,18-5)19-6)10-8-9-13(16-3)15(2)11-20-12-15/h13-14H,7-12H2,1-6H3. The van der Waals surface area contributed by atoms with Crippen LogP contribution in [0.3, 0.4) is 0 Å². The quantitative estimate of drug-likeness (QED) is 0.508. The van der Waals surface area contributed by atoms with Crippen LogP contribution in [0.25, 0.3) is 0 Å². The van der Waals surface area contributed by atoms with Crippen molar-refractivity contribution in [2.45, 2.75) is 44.9 Å². The van der Waals surface area contributed by atoms with E-state index in [-0.39, 0.29) is 17.2 Å². The van der Waals surface area contributed by atoms with Crippen LogP contribution in [0.4, 0.5) is 0 Å². The predicted octanol–water partition coefficient (Wildman–Crippen LogP) is 2.03. The van der Waals surface area contributed by atoms with Crippen LogP contribution in [0.2, 0.25) is 0 Å². The van der Waals surface area contributed by atoms with E-state index in [1.54, 1.807) is 28.4 Å². The van der Waals surface area contributed by atoms with Gasteiger partial charge in [0.05, 0.1) is 19.3 Å². The Bertz CT molecular complexity index is 298. The van der Waals surface area contributed by atoms with Gasteiger partial charge in [0.25, 0.3) is 0 Å². The van der Waals surface area contributed by atoms with E-state index < -0.39 is 8.80 Å². The lowest BCUT2D eigenvalue weighted by Gasteiger charge is -2.43. The average molecular weight is 337 g/mol. The van der Waals surface area contributed by atoms with Crippen molar-refractivity contribution >= 4 is 8.80 Å². The van der Waals surface area contributed by atoms with Crippen LogP contribution in [0, 0.1) is 5.41 Å². The first-order valence-corrected chi connectivity index (χ1v) is 9.69. The van der Waals surface area contributed by atoms with Gasteiger partial charge < -0.3 is 27.5 Å². The second-order valence-electron chi connectivity index (χ2n) is 5.96. The maximum atomic E-state index is 5.84. The van der Waals surface area contributed by atoms with Crippen LogP contribution >= 0.6 is 0 Å². The highest BCUT2D eigenvalue weighted by Gasteiger charge is 2.48. The van der Waals surface area contributed by atoms with Crippen molar-refractivity contribution in [3.8, 4) is 0 Å². The molecule has 1 rings (SSSR count). The maximum Gasteiger partial charge on any atom is 0.530 e. The van der Waals surface area contributed by atoms with Gasteiger partial charge in [-0.1, -0.05) is 6.92 Å². The maximum absolute atomic E-state index is 5.84. The summed E-state index contributed by atoms with van der Waals surface area (Å²) in [5, 5.41) is 0. The molecule has 1 fully saturated rings. The lowest BCUT2D eigenvalue weighted by Crippen LogP contribution is -2.55. The molecule has 132 valence electrons. The van der Waals surface area contributed by atoms with Crippen molar-refractivity contribution in [2.75, 3.05) is 48.3 Å². The van der Waals surface area contributed by atoms with E-state index in [1.807, 2.05) is 6.92 Å². The third-order valence-electron chi connectivity index (χ3n) is 4.47. The third kappa shape index (κ3) is 4.50. The first-order valence-electron chi connectivity index (χ1n) is 7.89. The van der Waals surface area contributed by atoms with Gasteiger partial charge in [-0.15, -0.1) is 0 Å². The Balaban J connectivity index is 2.56. The molecule has 2 atom stereocenters. The summed E-state index contributed by atoms with van der Waals surface area (Å²) in [5.41, 5.74) is -0.0193. The molecule has 0 bridgehead atoms. The van der Waals surface area contributed by atoms with Crippen molar-refractivity contribution in [1.82, 2.24) is 0 Å². The fourth-order valence-electron chi connectivity index (χ4n) is 3.06. The smallest absolute Gasteiger partial charge is 0.381 e. The molecule has 22 heavy (non-hydrogen) atoms. The molecule has 0 radical (unpaired) electrons. The molecule has 0 aromatic carbocycles. The van der Waals surface area contributed by atoms with Gasteiger partial charge in [0, 0.05) is 40.5 Å². The molecule has 0 aromatic heterocycles. The largest absolute Gasteiger partial charge is 0.530 e. The second kappa shape index (κ2) is 9.32. The highest BCUT2D eigenvalue weighted by Crippen LogP contribution is 2.35. The molecule has 0 N–H and O–H groups in total. The second-order valence-corrected chi connectivity index (χ2v) is 9.04. The summed E-state index contributed by atoms with van der Waals surface area (Å²) >= 11 is 0. The molecule has 0 aliphatic carbocycles. The summed E-state index contributed by atoms with van der Waals surface area (Å²) in [7, 11) is 3.86. The minimum absolute atomic E-state index is 0.133. The summed E-state index contributed by atoms with van der Waals surface area (Å²) in [6.45, 7) is 6.33. The van der Waals surface area contributed by atoms with Gasteiger partial charge in [-0.3, -0.25) is 0 Å². The topological polar surface area (TPSA) is 55.4 Å². The van der Waals surface area contributed by atoms with Gasteiger partial charge in [-0.2, -0.15) is 0 Å². The Morgan fingerprint density at radius 1 is 1.05 bits per heavy atom. The third-order valence-corrected chi connectivity index (χ3v) is 7.42. The summed E-state index contributed by atoms with van der Waals surface area (Å²) in [6.07, 6.45) is 2.95. The zero-order valence-electron chi connectivity index (χ0n) is 14.8. The number of methoxy groups -OCH3 is 1. The van der Waals surface area contributed by atoms with Crippen LogP contribution in [0.1, 0.15) is 33.1 Å². The van der Waals surface area contributed by atoms with Gasteiger partial charge in [0.15, 0.2) is 0 Å². The molecule has 1 aliphatic rings. The van der Waals surface area contributed by atoms with Gasteiger partial charge >= 0.3 is 8.80 Å². The molecule has 0 amide bonds. The molecular formula is C15H32O6Si. The highest BCUT2D eigenvalue weighted by molar-refractivity contribution is 6.62. The van der Waals surface area contributed by atoms with E-state index in [0.717, 1.165) is 32.5 Å². The van der Waals surface area contributed by atoms with Crippen molar-refractivity contribution in [3.63, 3.8) is 0 Å². The van der Waals surface area contributed by atoms with Gasteiger partial charge in [-0.25, -0.2) is 0 Å². The number of hydrogen-bond donors (Lipinski definition) is 0. The Morgan fingerprint density at radius 2 is 1.64 bits per heavy atom. The molecule has 1 heterocycles. The minimum atomic E-state index is -2.78. The average Bonchev–Trinajstić information content (AvgIpc) is 2.51. The van der Waals surface area contributed by atoms with E-state index in [2.05, 4.69) is 6.92 Å². The van der Waals surface area contributed by atoms with E-state index >= 15 is 0 Å². The van der Waals surface area contributed by atoms with Crippen molar-refractivity contribution in [3.05, 3.63) is 0 Å². The van der Waals surface area contributed by atoms with Gasteiger partial charge in [0.2, 0.25) is 0 Å². The monoisotopic (exact) mass is 336 g/mol. The molecular weight excluding hydrogens is 304 g/mol. The summed E-state index contributed by atoms with van der Waals surface area (Å²) < 4.78 is 33.5. The van der Waals surface area contributed by atoms with E-state index in [1.165, 1.54) is 0 Å². The zero-order chi connectivity index (χ0) is 16.6. The summed E-state index contributed by atoms with van der Waals surface area (Å²) in [4.78, 5) is 0. The van der Waals surface area contributed by atoms with Gasteiger partial charge in [0.1, 0.15) is 5.73 Å². The van der Waals surface area contributed by atoms with E-state index in [4.69, 9.17) is 27.5 Å².